The number of allylic oxidation sites excluding steroid dienone is 1. The number of thioether (sulfide) groups is 1. The SMILES string of the molecule is COC(=O)N[C@@H](CC(=O)N1CCC[C@H]1c1ncc(-c2ccc(-c3ccc(-c4cnc([C@@H]5CCCN5C(=O)C[C@@H](Cc5cccs5)NC(=O)OC)[nH]4)cc3)cc2)[nH]1)CC1=CCCS1. The second kappa shape index (κ2) is 19.9. The normalized spacial score (nSPS) is 18.3. The van der Waals surface area contributed by atoms with E-state index in [1.165, 1.54) is 19.1 Å². The maximum absolute atomic E-state index is 13.7. The van der Waals surface area contributed by atoms with E-state index in [2.05, 4.69) is 75.2 Å². The molecule has 3 aliphatic rings. The smallest absolute Gasteiger partial charge is 0.407 e. The van der Waals surface area contributed by atoms with E-state index in [0.29, 0.717) is 25.9 Å². The summed E-state index contributed by atoms with van der Waals surface area (Å²) in [7, 11) is 2.66. The van der Waals surface area contributed by atoms with Crippen molar-refractivity contribution in [3.8, 4) is 33.6 Å². The predicted octanol–water partition coefficient (Wildman–Crippen LogP) is 8.41. The second-order valence-corrected chi connectivity index (χ2v) is 18.1. The molecule has 0 bridgehead atoms. The van der Waals surface area contributed by atoms with E-state index in [1.54, 1.807) is 23.1 Å². The van der Waals surface area contributed by atoms with Crippen molar-refractivity contribution in [1.82, 2.24) is 40.4 Å². The molecule has 4 N–H and O–H groups in total. The van der Waals surface area contributed by atoms with E-state index in [-0.39, 0.29) is 48.8 Å². The molecular formula is C46H52N8O6S2. The monoisotopic (exact) mass is 876 g/mol. The molecule has 0 unspecified atom stereocenters. The number of alkyl carbamates (subject to hydrolysis) is 2. The number of hydrogen-bond acceptors (Lipinski definition) is 10. The molecule has 0 saturated carbocycles. The van der Waals surface area contributed by atoms with Gasteiger partial charge in [-0.3, -0.25) is 9.59 Å². The first-order valence-electron chi connectivity index (χ1n) is 21.2. The first kappa shape index (κ1) is 42.8. The molecule has 0 spiro atoms. The Kier molecular flexibility index (Phi) is 13.7. The summed E-state index contributed by atoms with van der Waals surface area (Å²) >= 11 is 3.37. The van der Waals surface area contributed by atoms with Gasteiger partial charge in [0.15, 0.2) is 0 Å². The van der Waals surface area contributed by atoms with E-state index in [1.807, 2.05) is 39.7 Å². The average molecular weight is 877 g/mol. The molecule has 3 aromatic heterocycles. The van der Waals surface area contributed by atoms with Crippen LogP contribution in [0, 0.1) is 0 Å². The highest BCUT2D eigenvalue weighted by molar-refractivity contribution is 8.03. The van der Waals surface area contributed by atoms with Crippen LogP contribution in [0.5, 0.6) is 0 Å². The molecule has 3 aliphatic heterocycles. The van der Waals surface area contributed by atoms with Crippen LogP contribution in [0.25, 0.3) is 33.6 Å². The predicted molar refractivity (Wildman–Crippen MR) is 240 cm³/mol. The number of rotatable bonds is 15. The van der Waals surface area contributed by atoms with Crippen LogP contribution in [0.15, 0.2) is 89.4 Å². The number of thiophene rings is 1. The number of hydrogen-bond donors (Lipinski definition) is 4. The van der Waals surface area contributed by atoms with E-state index in [0.717, 1.165) is 88.0 Å². The Morgan fingerprint density at radius 1 is 0.726 bits per heavy atom. The van der Waals surface area contributed by atoms with Gasteiger partial charge >= 0.3 is 12.2 Å². The lowest BCUT2D eigenvalue weighted by Gasteiger charge is -2.26. The fourth-order valence-electron chi connectivity index (χ4n) is 8.67. The molecule has 2 aromatic carbocycles. The lowest BCUT2D eigenvalue weighted by atomic mass is 10.0. The van der Waals surface area contributed by atoms with Gasteiger partial charge in [0.2, 0.25) is 11.8 Å². The van der Waals surface area contributed by atoms with Crippen molar-refractivity contribution >= 4 is 47.1 Å². The van der Waals surface area contributed by atoms with Crippen LogP contribution in [0.3, 0.4) is 0 Å². The van der Waals surface area contributed by atoms with E-state index < -0.39 is 12.2 Å². The summed E-state index contributed by atoms with van der Waals surface area (Å²) in [5, 5.41) is 7.70. The molecule has 2 fully saturated rings. The molecule has 8 rings (SSSR count). The molecule has 14 nitrogen and oxygen atoms in total. The number of H-pyrrole nitrogens is 2. The number of aromatic nitrogens is 4. The highest BCUT2D eigenvalue weighted by atomic mass is 32.2. The van der Waals surface area contributed by atoms with Crippen molar-refractivity contribution < 1.29 is 28.7 Å². The lowest BCUT2D eigenvalue weighted by Crippen LogP contribution is -2.41. The van der Waals surface area contributed by atoms with Crippen molar-refractivity contribution in [2.75, 3.05) is 33.1 Å². The Morgan fingerprint density at radius 3 is 1.68 bits per heavy atom. The minimum absolute atomic E-state index is 0.00649. The maximum atomic E-state index is 13.7. The number of carbonyl (C=O) groups is 4. The minimum Gasteiger partial charge on any atom is -0.453 e. The zero-order valence-corrected chi connectivity index (χ0v) is 36.6. The van der Waals surface area contributed by atoms with Gasteiger partial charge in [-0.1, -0.05) is 60.7 Å². The highest BCUT2D eigenvalue weighted by Gasteiger charge is 2.35. The summed E-state index contributed by atoms with van der Waals surface area (Å²) in [6.45, 7) is 1.28. The standard InChI is InChI=1S/C46H52N8O6S2/c1-59-45(57)49-33(23-35-7-5-21-61-35)25-41(55)53-19-3-9-39(53)43-47-27-37(51-43)31-15-11-29(12-16-31)30-13-17-32(18-14-30)38-28-48-44(52-38)40-10-4-20-54(40)42(56)26-34(50-46(58)60-2)24-36-8-6-22-62-36/h5,7-8,11-18,21,27-28,33-34,39-40H,3-4,6,9-10,19-20,22-26H2,1-2H3,(H,47,51)(H,48,52)(H,49,57)(H,50,58)/t33-,34-,39+,40+/m1/s1. The number of nitrogens with zero attached hydrogens (tertiary/aromatic N) is 4. The first-order valence-corrected chi connectivity index (χ1v) is 23.0. The Bertz CT molecular complexity index is 2360. The topological polar surface area (TPSA) is 175 Å². The van der Waals surface area contributed by atoms with Crippen LogP contribution >= 0.6 is 23.1 Å². The third kappa shape index (κ3) is 10.2. The molecule has 0 aliphatic carbocycles. The fourth-order valence-corrected chi connectivity index (χ4v) is 10.5. The van der Waals surface area contributed by atoms with Gasteiger partial charge in [0, 0.05) is 55.1 Å². The van der Waals surface area contributed by atoms with Crippen LogP contribution in [0.4, 0.5) is 9.59 Å². The molecule has 0 radical (unpaired) electrons. The van der Waals surface area contributed by atoms with Gasteiger partial charge in [0.1, 0.15) is 11.6 Å². The molecule has 6 heterocycles. The Labute approximate surface area is 369 Å². The Morgan fingerprint density at radius 2 is 1.23 bits per heavy atom. The summed E-state index contributed by atoms with van der Waals surface area (Å²) in [5.74, 6) is 2.51. The number of benzene rings is 2. The van der Waals surface area contributed by atoms with Crippen molar-refractivity contribution in [2.45, 2.75) is 82.0 Å². The number of amides is 4. The third-order valence-electron chi connectivity index (χ3n) is 11.8. The van der Waals surface area contributed by atoms with E-state index in [9.17, 15) is 19.2 Å². The number of likely N-dealkylation sites (tertiary alicyclic amines) is 2. The summed E-state index contributed by atoms with van der Waals surface area (Å²) in [6, 6.07) is 19.6. The number of methoxy groups -OCH3 is 2. The zero-order chi connectivity index (χ0) is 43.0. The van der Waals surface area contributed by atoms with E-state index >= 15 is 0 Å². The Hall–Kier alpha value is -5.87. The number of nitrogens with one attached hydrogen (secondary N) is 4. The molecule has 4 amide bonds. The van der Waals surface area contributed by atoms with E-state index in [4.69, 9.17) is 19.4 Å². The molecule has 62 heavy (non-hydrogen) atoms. The first-order chi connectivity index (χ1) is 30.2. The molecule has 4 atom stereocenters. The molecule has 16 heteroatoms. The van der Waals surface area contributed by atoms with Crippen molar-refractivity contribution in [2.24, 2.45) is 0 Å². The molecule has 2 saturated heterocycles. The molecule has 5 aromatic rings. The fraction of sp³-hybridized carbons (Fsp3) is 0.391. The summed E-state index contributed by atoms with van der Waals surface area (Å²) < 4.78 is 9.69. The Balaban J connectivity index is 0.878. The van der Waals surface area contributed by atoms with Gasteiger partial charge in [0.05, 0.1) is 50.1 Å². The molecule has 324 valence electrons. The van der Waals surface area contributed by atoms with Crippen LogP contribution in [0.2, 0.25) is 0 Å². The van der Waals surface area contributed by atoms with Gasteiger partial charge in [-0.25, -0.2) is 19.6 Å². The van der Waals surface area contributed by atoms with Crippen LogP contribution in [-0.4, -0.2) is 98.9 Å². The summed E-state index contributed by atoms with van der Waals surface area (Å²) in [6.07, 6.45) is 10.7. The third-order valence-corrected chi connectivity index (χ3v) is 13.8. The quantitative estimate of drug-likeness (QED) is 0.0805. The van der Waals surface area contributed by atoms with Gasteiger partial charge < -0.3 is 39.9 Å². The summed E-state index contributed by atoms with van der Waals surface area (Å²) in [4.78, 5) is 74.0. The van der Waals surface area contributed by atoms with Crippen LogP contribution < -0.4 is 10.6 Å². The van der Waals surface area contributed by atoms with Gasteiger partial charge in [-0.15, -0.1) is 23.1 Å². The lowest BCUT2D eigenvalue weighted by molar-refractivity contribution is -0.133. The van der Waals surface area contributed by atoms with Gasteiger partial charge in [-0.2, -0.15) is 0 Å². The number of aromatic amines is 2. The zero-order valence-electron chi connectivity index (χ0n) is 34.9. The molecular weight excluding hydrogens is 825 g/mol. The van der Waals surface area contributed by atoms with Crippen molar-refractivity contribution in [3.05, 3.63) is 106 Å². The van der Waals surface area contributed by atoms with Gasteiger partial charge in [-0.05, 0) is 77.1 Å². The van der Waals surface area contributed by atoms with Crippen molar-refractivity contribution in [3.63, 3.8) is 0 Å². The minimum atomic E-state index is -0.548. The van der Waals surface area contributed by atoms with Crippen LogP contribution in [0.1, 0.15) is 80.0 Å². The summed E-state index contributed by atoms with van der Waals surface area (Å²) in [5.41, 5.74) is 5.87. The number of carbonyl (C=O) groups excluding carboxylic acids is 4. The van der Waals surface area contributed by atoms with Crippen LogP contribution in [-0.2, 0) is 25.5 Å². The highest BCUT2D eigenvalue weighted by Crippen LogP contribution is 2.36. The second-order valence-electron chi connectivity index (χ2n) is 15.9. The largest absolute Gasteiger partial charge is 0.453 e. The van der Waals surface area contributed by atoms with Crippen molar-refractivity contribution in [1.29, 1.82) is 0 Å². The maximum Gasteiger partial charge on any atom is 0.407 e. The average Bonchev–Trinajstić information content (AvgIpc) is 4.14. The number of ether oxygens (including phenoxy) is 2. The van der Waals surface area contributed by atoms with Gasteiger partial charge in [0.25, 0.3) is 0 Å². The number of imidazole rings is 2.